The number of nitrogens with zero attached hydrogens (tertiary/aromatic N) is 1. The maximum Gasteiger partial charge on any atom is 0.254 e. The molecule has 2 aromatic rings. The Labute approximate surface area is 149 Å². The molecule has 1 aliphatic rings. The van der Waals surface area contributed by atoms with Crippen LogP contribution in [0.25, 0.3) is 0 Å². The Morgan fingerprint density at radius 1 is 1.17 bits per heavy atom. The van der Waals surface area contributed by atoms with Gasteiger partial charge in [-0.2, -0.15) is 0 Å². The molecule has 1 atom stereocenters. The van der Waals surface area contributed by atoms with Crippen LogP contribution in [0.2, 0.25) is 0 Å². The van der Waals surface area contributed by atoms with E-state index in [0.29, 0.717) is 12.2 Å². The Balaban J connectivity index is 0.00000208. The third-order valence-electron chi connectivity index (χ3n) is 4.11. The van der Waals surface area contributed by atoms with E-state index >= 15 is 0 Å². The van der Waals surface area contributed by atoms with E-state index in [2.05, 4.69) is 12.2 Å². The topological polar surface area (TPSA) is 41.6 Å². The molecule has 0 aliphatic carbocycles. The molecule has 1 N–H and O–H groups in total. The van der Waals surface area contributed by atoms with Gasteiger partial charge in [-0.15, -0.1) is 12.4 Å². The second-order valence-corrected chi connectivity index (χ2v) is 5.85. The number of amides is 1. The number of carbonyl (C=O) groups is 1. The van der Waals surface area contributed by atoms with Crippen molar-refractivity contribution in [1.29, 1.82) is 0 Å². The van der Waals surface area contributed by atoms with E-state index in [1.165, 1.54) is 0 Å². The van der Waals surface area contributed by atoms with Crippen LogP contribution in [-0.4, -0.2) is 36.5 Å². The van der Waals surface area contributed by atoms with E-state index in [0.717, 1.165) is 30.9 Å². The Morgan fingerprint density at radius 2 is 1.88 bits per heavy atom. The number of piperazine rings is 1. The highest BCUT2D eigenvalue weighted by Crippen LogP contribution is 2.17. The van der Waals surface area contributed by atoms with Crippen molar-refractivity contribution < 1.29 is 9.53 Å². The number of hydrogen-bond donors (Lipinski definition) is 1. The number of ether oxygens (including phenoxy) is 1. The highest BCUT2D eigenvalue weighted by atomic mass is 35.5. The summed E-state index contributed by atoms with van der Waals surface area (Å²) in [5.41, 5.74) is 1.84. The fourth-order valence-electron chi connectivity index (χ4n) is 2.74. The largest absolute Gasteiger partial charge is 0.489 e. The van der Waals surface area contributed by atoms with Crippen LogP contribution in [0.5, 0.6) is 5.75 Å². The van der Waals surface area contributed by atoms with Crippen molar-refractivity contribution in [3.05, 3.63) is 65.7 Å². The third kappa shape index (κ3) is 4.49. The summed E-state index contributed by atoms with van der Waals surface area (Å²) in [6, 6.07) is 17.7. The Morgan fingerprint density at radius 3 is 2.54 bits per heavy atom. The number of halogens is 1. The molecule has 0 spiro atoms. The van der Waals surface area contributed by atoms with Crippen LogP contribution in [-0.2, 0) is 6.61 Å². The first-order valence-corrected chi connectivity index (χ1v) is 8.02. The first-order chi connectivity index (χ1) is 11.2. The quantitative estimate of drug-likeness (QED) is 0.924. The van der Waals surface area contributed by atoms with Crippen molar-refractivity contribution in [2.75, 3.05) is 19.6 Å². The van der Waals surface area contributed by atoms with Gasteiger partial charge in [-0.25, -0.2) is 0 Å². The average molecular weight is 347 g/mol. The number of benzene rings is 2. The summed E-state index contributed by atoms with van der Waals surface area (Å²) in [5, 5.41) is 3.30. The van der Waals surface area contributed by atoms with Gasteiger partial charge < -0.3 is 15.0 Å². The van der Waals surface area contributed by atoms with E-state index in [1.807, 2.05) is 59.5 Å². The monoisotopic (exact) mass is 346 g/mol. The zero-order chi connectivity index (χ0) is 16.1. The van der Waals surface area contributed by atoms with Gasteiger partial charge in [0.2, 0.25) is 0 Å². The van der Waals surface area contributed by atoms with E-state index < -0.39 is 0 Å². The van der Waals surface area contributed by atoms with Gasteiger partial charge in [0.15, 0.2) is 0 Å². The van der Waals surface area contributed by atoms with Crippen LogP contribution in [0.1, 0.15) is 22.8 Å². The van der Waals surface area contributed by atoms with Gasteiger partial charge >= 0.3 is 0 Å². The molecule has 1 saturated heterocycles. The second kappa shape index (κ2) is 8.71. The predicted octanol–water partition coefficient (Wildman–Crippen LogP) is 3.12. The van der Waals surface area contributed by atoms with Crippen LogP contribution in [0.4, 0.5) is 0 Å². The summed E-state index contributed by atoms with van der Waals surface area (Å²) >= 11 is 0. The molecule has 1 heterocycles. The fourth-order valence-corrected chi connectivity index (χ4v) is 2.74. The summed E-state index contributed by atoms with van der Waals surface area (Å²) in [6.07, 6.45) is 0. The second-order valence-electron chi connectivity index (χ2n) is 5.85. The maximum atomic E-state index is 12.6. The van der Waals surface area contributed by atoms with E-state index in [9.17, 15) is 4.79 Å². The van der Waals surface area contributed by atoms with Gasteiger partial charge in [0, 0.05) is 31.2 Å². The van der Waals surface area contributed by atoms with Crippen molar-refractivity contribution in [2.24, 2.45) is 0 Å². The van der Waals surface area contributed by atoms with Gasteiger partial charge in [0.1, 0.15) is 12.4 Å². The fraction of sp³-hybridized carbons (Fsp3) is 0.316. The molecule has 24 heavy (non-hydrogen) atoms. The molecule has 128 valence electrons. The molecule has 4 nitrogen and oxygen atoms in total. The lowest BCUT2D eigenvalue weighted by Gasteiger charge is -2.34. The first kappa shape index (κ1) is 18.3. The van der Waals surface area contributed by atoms with E-state index in [4.69, 9.17) is 4.74 Å². The van der Waals surface area contributed by atoms with Crippen LogP contribution < -0.4 is 10.1 Å². The highest BCUT2D eigenvalue weighted by molar-refractivity contribution is 5.94. The molecule has 1 unspecified atom stereocenters. The number of hydrogen-bond acceptors (Lipinski definition) is 3. The van der Waals surface area contributed by atoms with Crippen LogP contribution in [0.15, 0.2) is 54.6 Å². The zero-order valence-corrected chi connectivity index (χ0v) is 14.6. The van der Waals surface area contributed by atoms with Gasteiger partial charge in [-0.05, 0) is 36.8 Å². The Bertz CT molecular complexity index is 646. The van der Waals surface area contributed by atoms with Crippen LogP contribution in [0, 0.1) is 0 Å². The number of carbonyl (C=O) groups excluding carboxylic acids is 1. The molecule has 0 aromatic heterocycles. The first-order valence-electron chi connectivity index (χ1n) is 8.02. The van der Waals surface area contributed by atoms with Gasteiger partial charge in [-0.1, -0.05) is 30.3 Å². The molecule has 2 aromatic carbocycles. The summed E-state index contributed by atoms with van der Waals surface area (Å²) in [5.74, 6) is 0.868. The lowest BCUT2D eigenvalue weighted by molar-refractivity contribution is 0.0655. The summed E-state index contributed by atoms with van der Waals surface area (Å²) in [6.45, 7) is 5.06. The molecule has 0 radical (unpaired) electrons. The van der Waals surface area contributed by atoms with Gasteiger partial charge in [0.25, 0.3) is 5.91 Å². The third-order valence-corrected chi connectivity index (χ3v) is 4.11. The van der Waals surface area contributed by atoms with Crippen LogP contribution >= 0.6 is 12.4 Å². The van der Waals surface area contributed by atoms with Crippen molar-refractivity contribution in [3.63, 3.8) is 0 Å². The Kier molecular flexibility index (Phi) is 6.64. The van der Waals surface area contributed by atoms with Crippen molar-refractivity contribution in [3.8, 4) is 5.75 Å². The molecular formula is C19H23ClN2O2. The highest BCUT2D eigenvalue weighted by Gasteiger charge is 2.23. The minimum absolute atomic E-state index is 0. The molecule has 1 amide bonds. The lowest BCUT2D eigenvalue weighted by Crippen LogP contribution is -2.52. The van der Waals surface area contributed by atoms with Crippen molar-refractivity contribution in [2.45, 2.75) is 19.6 Å². The van der Waals surface area contributed by atoms with E-state index in [1.54, 1.807) is 0 Å². The smallest absolute Gasteiger partial charge is 0.254 e. The van der Waals surface area contributed by atoms with Crippen molar-refractivity contribution in [1.82, 2.24) is 10.2 Å². The Hall–Kier alpha value is -2.04. The lowest BCUT2D eigenvalue weighted by atomic mass is 10.1. The minimum atomic E-state index is 0. The maximum absolute atomic E-state index is 12.6. The van der Waals surface area contributed by atoms with Gasteiger partial charge in [0.05, 0.1) is 0 Å². The number of nitrogens with one attached hydrogen (secondary N) is 1. The van der Waals surface area contributed by atoms with Crippen molar-refractivity contribution >= 4 is 18.3 Å². The van der Waals surface area contributed by atoms with Gasteiger partial charge in [-0.3, -0.25) is 4.79 Å². The SMILES string of the molecule is CC1CNCCN1C(=O)c1ccc(OCc2ccccc2)cc1.Cl. The molecule has 1 fully saturated rings. The normalized spacial score (nSPS) is 17.0. The summed E-state index contributed by atoms with van der Waals surface area (Å²) < 4.78 is 5.76. The molecule has 3 rings (SSSR count). The molecule has 0 saturated carbocycles. The van der Waals surface area contributed by atoms with Crippen LogP contribution in [0.3, 0.4) is 0 Å². The van der Waals surface area contributed by atoms with E-state index in [-0.39, 0.29) is 24.4 Å². The molecule has 0 bridgehead atoms. The zero-order valence-electron chi connectivity index (χ0n) is 13.8. The standard InChI is InChI=1S/C19H22N2O2.ClH/c1-15-13-20-11-12-21(15)19(22)17-7-9-18(10-8-17)23-14-16-5-3-2-4-6-16;/h2-10,15,20H,11-14H2,1H3;1H. The predicted molar refractivity (Wildman–Crippen MR) is 97.8 cm³/mol. The minimum Gasteiger partial charge on any atom is -0.489 e. The molecule has 1 aliphatic heterocycles. The summed E-state index contributed by atoms with van der Waals surface area (Å²) in [7, 11) is 0. The molecule has 5 heteroatoms. The average Bonchev–Trinajstić information content (AvgIpc) is 2.61. The molecular weight excluding hydrogens is 324 g/mol. The summed E-state index contributed by atoms with van der Waals surface area (Å²) in [4.78, 5) is 14.5. The number of rotatable bonds is 4.